The number of allylic oxidation sites excluding steroid dienone is 8. The van der Waals surface area contributed by atoms with E-state index in [1.807, 2.05) is 6.08 Å². The Morgan fingerprint density at radius 2 is 1.32 bits per heavy atom. The second-order valence-electron chi connectivity index (χ2n) is 4.88. The minimum atomic E-state index is -0.869. The summed E-state index contributed by atoms with van der Waals surface area (Å²) >= 11 is 0. The van der Waals surface area contributed by atoms with Crippen LogP contribution in [0.5, 0.6) is 0 Å². The van der Waals surface area contributed by atoms with Crippen LogP contribution >= 0.6 is 0 Å². The van der Waals surface area contributed by atoms with Crippen molar-refractivity contribution in [3.8, 4) is 0 Å². The number of rotatable bonds is 13. The molecule has 0 aromatic rings. The van der Waals surface area contributed by atoms with Crippen LogP contribution < -0.4 is 0 Å². The molecule has 3 nitrogen and oxygen atoms in total. The first-order valence-electron chi connectivity index (χ1n) is 7.84. The highest BCUT2D eigenvalue weighted by molar-refractivity contribution is 5.79. The third-order valence-corrected chi connectivity index (χ3v) is 2.94. The Morgan fingerprint density at radius 1 is 0.773 bits per heavy atom. The lowest BCUT2D eigenvalue weighted by atomic mass is 10.1. The highest BCUT2D eigenvalue weighted by atomic mass is 16.4. The van der Waals surface area contributed by atoms with Crippen molar-refractivity contribution in [1.29, 1.82) is 0 Å². The quantitative estimate of drug-likeness (QED) is 0.230. The van der Waals surface area contributed by atoms with E-state index in [1.165, 1.54) is 25.0 Å². The number of hydrogen-bond donors (Lipinski definition) is 1. The zero-order valence-corrected chi connectivity index (χ0v) is 13.1. The summed E-state index contributed by atoms with van der Waals surface area (Å²) in [6.07, 6.45) is 24.8. The predicted octanol–water partition coefficient (Wildman–Crippen LogP) is 4.80. The van der Waals surface area contributed by atoms with E-state index in [2.05, 4.69) is 24.3 Å². The van der Waals surface area contributed by atoms with Crippen LogP contribution in [0.4, 0.5) is 0 Å². The van der Waals surface area contributed by atoms with Crippen LogP contribution in [0.25, 0.3) is 0 Å². The molecular weight excluding hydrogens is 276 g/mol. The summed E-state index contributed by atoms with van der Waals surface area (Å²) in [6.45, 7) is 0. The maximum atomic E-state index is 10.2. The fourth-order valence-corrected chi connectivity index (χ4v) is 1.81. The molecule has 0 fully saturated rings. The maximum Gasteiger partial charge on any atom is 0.327 e. The van der Waals surface area contributed by atoms with Gasteiger partial charge < -0.3 is 5.11 Å². The van der Waals surface area contributed by atoms with E-state index >= 15 is 0 Å². The number of carboxylic acid groups (broad SMARTS) is 1. The maximum absolute atomic E-state index is 10.2. The molecule has 22 heavy (non-hydrogen) atoms. The van der Waals surface area contributed by atoms with Gasteiger partial charge in [0.15, 0.2) is 0 Å². The normalized spacial score (nSPS) is 11.8. The van der Waals surface area contributed by atoms with Crippen LogP contribution in [0, 0.1) is 0 Å². The molecule has 0 rings (SSSR count). The fourth-order valence-electron chi connectivity index (χ4n) is 1.81. The second kappa shape index (κ2) is 16.9. The first kappa shape index (κ1) is 19.9. The zero-order valence-electron chi connectivity index (χ0n) is 13.1. The van der Waals surface area contributed by atoms with Crippen LogP contribution in [0.3, 0.4) is 0 Å². The molecule has 1 N–H and O–H groups in total. The van der Waals surface area contributed by atoms with Gasteiger partial charge in [-0.25, -0.2) is 9.59 Å². The number of carbonyl (C=O) groups is 1. The highest BCUT2D eigenvalue weighted by Crippen LogP contribution is 2.06. The summed E-state index contributed by atoms with van der Waals surface area (Å²) < 4.78 is 0. The number of carbonyl (C=O) groups excluding carboxylic acids is 1. The number of carboxylic acids is 1. The van der Waals surface area contributed by atoms with E-state index in [4.69, 9.17) is 5.11 Å². The molecule has 0 aliphatic rings. The van der Waals surface area contributed by atoms with E-state index in [-0.39, 0.29) is 0 Å². The lowest BCUT2D eigenvalue weighted by Crippen LogP contribution is -1.85. The lowest BCUT2D eigenvalue weighted by Gasteiger charge is -1.96. The third kappa shape index (κ3) is 17.9. The van der Waals surface area contributed by atoms with Crippen molar-refractivity contribution in [2.45, 2.75) is 51.4 Å². The highest BCUT2D eigenvalue weighted by Gasteiger charge is 1.88. The van der Waals surface area contributed by atoms with Gasteiger partial charge in [-0.3, -0.25) is 0 Å². The average molecular weight is 302 g/mol. The first-order chi connectivity index (χ1) is 10.8. The number of unbranched alkanes of at least 4 members (excludes halogenated alkanes) is 6. The molecule has 120 valence electrons. The molecule has 0 saturated heterocycles. The van der Waals surface area contributed by atoms with Gasteiger partial charge in [0, 0.05) is 12.2 Å². The molecular formula is C19H26O3. The van der Waals surface area contributed by atoms with Crippen LogP contribution in [-0.2, 0) is 9.59 Å². The molecule has 0 aromatic carbocycles. The Balaban J connectivity index is 3.36. The Morgan fingerprint density at radius 3 is 1.91 bits per heavy atom. The zero-order chi connectivity index (χ0) is 16.3. The molecule has 0 aliphatic carbocycles. The topological polar surface area (TPSA) is 54.4 Å². The predicted molar refractivity (Wildman–Crippen MR) is 91.4 cm³/mol. The van der Waals surface area contributed by atoms with E-state index < -0.39 is 5.97 Å². The SMILES string of the molecule is O=C=CC=CCCC=CC=CCCCCCCC=CC(=O)O. The summed E-state index contributed by atoms with van der Waals surface area (Å²) in [5, 5.41) is 8.42. The Kier molecular flexibility index (Phi) is 15.3. The summed E-state index contributed by atoms with van der Waals surface area (Å²) in [4.78, 5) is 20.1. The van der Waals surface area contributed by atoms with Crippen molar-refractivity contribution in [1.82, 2.24) is 0 Å². The van der Waals surface area contributed by atoms with Gasteiger partial charge in [-0.05, 0) is 38.5 Å². The summed E-state index contributed by atoms with van der Waals surface area (Å²) in [5.74, 6) is 0.835. The van der Waals surface area contributed by atoms with Crippen LogP contribution in [-0.4, -0.2) is 17.0 Å². The molecule has 0 heterocycles. The number of aliphatic carboxylic acids is 1. The third-order valence-electron chi connectivity index (χ3n) is 2.94. The number of hydrogen-bond acceptors (Lipinski definition) is 2. The van der Waals surface area contributed by atoms with Crippen molar-refractivity contribution in [3.05, 3.63) is 54.7 Å². The molecule has 0 spiro atoms. The van der Waals surface area contributed by atoms with Crippen LogP contribution in [0.1, 0.15) is 51.4 Å². The largest absolute Gasteiger partial charge is 0.478 e. The molecule has 0 unspecified atom stereocenters. The summed E-state index contributed by atoms with van der Waals surface area (Å²) in [5.41, 5.74) is 0. The fraction of sp³-hybridized carbons (Fsp3) is 0.421. The molecule has 0 radical (unpaired) electrons. The minimum Gasteiger partial charge on any atom is -0.478 e. The van der Waals surface area contributed by atoms with E-state index in [1.54, 1.807) is 18.1 Å². The molecule has 0 aliphatic heterocycles. The van der Waals surface area contributed by atoms with Gasteiger partial charge in [0.1, 0.15) is 5.94 Å². The smallest absolute Gasteiger partial charge is 0.327 e. The van der Waals surface area contributed by atoms with Crippen LogP contribution in [0.15, 0.2) is 54.7 Å². The van der Waals surface area contributed by atoms with E-state index in [0.717, 1.165) is 38.5 Å². The molecule has 0 saturated carbocycles. The molecule has 0 bridgehead atoms. The van der Waals surface area contributed by atoms with E-state index in [9.17, 15) is 9.59 Å². The van der Waals surface area contributed by atoms with Gasteiger partial charge in [-0.1, -0.05) is 55.4 Å². The monoisotopic (exact) mass is 302 g/mol. The van der Waals surface area contributed by atoms with Gasteiger partial charge >= 0.3 is 5.97 Å². The average Bonchev–Trinajstić information content (AvgIpc) is 2.50. The summed E-state index contributed by atoms with van der Waals surface area (Å²) in [7, 11) is 0. The molecule has 0 atom stereocenters. The van der Waals surface area contributed by atoms with Crippen LogP contribution in [0.2, 0.25) is 0 Å². The Hall–Kier alpha value is -2.12. The van der Waals surface area contributed by atoms with Gasteiger partial charge in [0.2, 0.25) is 0 Å². The van der Waals surface area contributed by atoms with Crippen molar-refractivity contribution in [2.24, 2.45) is 0 Å². The van der Waals surface area contributed by atoms with Crippen molar-refractivity contribution >= 4 is 11.9 Å². The van der Waals surface area contributed by atoms with Gasteiger partial charge in [-0.15, -0.1) is 0 Å². The second-order valence-corrected chi connectivity index (χ2v) is 4.88. The molecule has 0 aromatic heterocycles. The van der Waals surface area contributed by atoms with Gasteiger partial charge in [0.05, 0.1) is 0 Å². The molecule has 0 amide bonds. The van der Waals surface area contributed by atoms with Crippen molar-refractivity contribution in [2.75, 3.05) is 0 Å². The molecule has 3 heteroatoms. The van der Waals surface area contributed by atoms with Gasteiger partial charge in [0.25, 0.3) is 0 Å². The van der Waals surface area contributed by atoms with Gasteiger partial charge in [-0.2, -0.15) is 0 Å². The Labute approximate surface area is 133 Å². The standard InChI is InChI=1S/C19H26O3/c20-18-16-14-12-10-8-6-4-2-1-3-5-7-9-11-13-15-17-19(21)22/h1-2,4,6,12,14-17H,3,5,7-11,13H2,(H,21,22). The lowest BCUT2D eigenvalue weighted by molar-refractivity contribution is -0.131. The van der Waals surface area contributed by atoms with E-state index in [0.29, 0.717) is 0 Å². The van der Waals surface area contributed by atoms with Crippen molar-refractivity contribution < 1.29 is 14.7 Å². The first-order valence-corrected chi connectivity index (χ1v) is 7.84. The minimum absolute atomic E-state index is 0.849. The Bertz CT molecular complexity index is 436. The summed E-state index contributed by atoms with van der Waals surface area (Å²) in [6, 6.07) is 0. The van der Waals surface area contributed by atoms with Crippen molar-refractivity contribution in [3.63, 3.8) is 0 Å².